The third-order valence-electron chi connectivity index (χ3n) is 3.31. The summed E-state index contributed by atoms with van der Waals surface area (Å²) >= 11 is 0. The highest BCUT2D eigenvalue weighted by Crippen LogP contribution is 2.28. The van der Waals surface area contributed by atoms with Gasteiger partial charge in [-0.2, -0.15) is 0 Å². The Labute approximate surface area is 122 Å². The van der Waals surface area contributed by atoms with Crippen LogP contribution >= 0.6 is 0 Å². The van der Waals surface area contributed by atoms with E-state index in [9.17, 15) is 14.6 Å². The standard InChI is InChI=1S/C15H18FNO4/c1-3-14-13(9(2)21-17-14)8-20-15-10(6-18)4-12(16)5-11(15)7-19/h4-5,18-19H,3,6-8H2,1-2H3. The van der Waals surface area contributed by atoms with E-state index in [2.05, 4.69) is 5.16 Å². The Bertz CT molecular complexity index is 599. The zero-order valence-corrected chi connectivity index (χ0v) is 12.0. The zero-order valence-electron chi connectivity index (χ0n) is 12.0. The van der Waals surface area contributed by atoms with Crippen molar-refractivity contribution >= 4 is 0 Å². The van der Waals surface area contributed by atoms with E-state index in [0.717, 1.165) is 11.3 Å². The minimum absolute atomic E-state index is 0.185. The van der Waals surface area contributed by atoms with Crippen LogP contribution in [0.25, 0.3) is 0 Å². The van der Waals surface area contributed by atoms with Crippen molar-refractivity contribution < 1.29 is 23.9 Å². The second kappa shape index (κ2) is 6.69. The largest absolute Gasteiger partial charge is 0.488 e. The van der Waals surface area contributed by atoms with Crippen LogP contribution in [-0.2, 0) is 26.2 Å². The number of benzene rings is 1. The van der Waals surface area contributed by atoms with Crippen LogP contribution in [-0.4, -0.2) is 15.4 Å². The van der Waals surface area contributed by atoms with Gasteiger partial charge in [0.15, 0.2) is 0 Å². The summed E-state index contributed by atoms with van der Waals surface area (Å²) in [5, 5.41) is 22.6. The lowest BCUT2D eigenvalue weighted by molar-refractivity contribution is 0.240. The third kappa shape index (κ3) is 3.22. The summed E-state index contributed by atoms with van der Waals surface area (Å²) < 4.78 is 24.2. The first-order valence-corrected chi connectivity index (χ1v) is 6.70. The SMILES string of the molecule is CCc1noc(C)c1COc1c(CO)cc(F)cc1CO. The minimum atomic E-state index is -0.522. The summed E-state index contributed by atoms with van der Waals surface area (Å²) in [7, 11) is 0. The Morgan fingerprint density at radius 3 is 2.38 bits per heavy atom. The van der Waals surface area contributed by atoms with Gasteiger partial charge in [0.05, 0.1) is 24.5 Å². The second-order valence-corrected chi connectivity index (χ2v) is 4.68. The van der Waals surface area contributed by atoms with Gasteiger partial charge in [-0.15, -0.1) is 0 Å². The van der Waals surface area contributed by atoms with Crippen LogP contribution in [0.15, 0.2) is 16.7 Å². The quantitative estimate of drug-likeness (QED) is 0.855. The van der Waals surface area contributed by atoms with E-state index in [-0.39, 0.29) is 19.8 Å². The van der Waals surface area contributed by atoms with Crippen LogP contribution in [0.4, 0.5) is 4.39 Å². The fourth-order valence-corrected chi connectivity index (χ4v) is 2.18. The number of aliphatic hydroxyl groups excluding tert-OH is 2. The molecule has 1 aromatic carbocycles. The van der Waals surface area contributed by atoms with Crippen LogP contribution in [0.1, 0.15) is 35.1 Å². The van der Waals surface area contributed by atoms with Crippen LogP contribution in [0.3, 0.4) is 0 Å². The van der Waals surface area contributed by atoms with E-state index >= 15 is 0 Å². The van der Waals surface area contributed by atoms with Crippen LogP contribution < -0.4 is 4.74 Å². The van der Waals surface area contributed by atoms with Crippen molar-refractivity contribution in [3.8, 4) is 5.75 Å². The highest BCUT2D eigenvalue weighted by molar-refractivity contribution is 5.42. The van der Waals surface area contributed by atoms with Gasteiger partial charge in [-0.25, -0.2) is 4.39 Å². The predicted octanol–water partition coefficient (Wildman–Crippen LogP) is 2.25. The van der Waals surface area contributed by atoms with Gasteiger partial charge in [-0.05, 0) is 25.5 Å². The van der Waals surface area contributed by atoms with Crippen molar-refractivity contribution in [2.75, 3.05) is 0 Å². The van der Waals surface area contributed by atoms with Gasteiger partial charge in [0, 0.05) is 11.1 Å². The number of aromatic nitrogens is 1. The van der Waals surface area contributed by atoms with Crippen LogP contribution in [0.5, 0.6) is 5.75 Å². The van der Waals surface area contributed by atoms with Crippen molar-refractivity contribution in [1.82, 2.24) is 5.16 Å². The summed E-state index contributed by atoms with van der Waals surface area (Å²) in [4.78, 5) is 0. The molecule has 21 heavy (non-hydrogen) atoms. The average Bonchev–Trinajstić information content (AvgIpc) is 2.85. The monoisotopic (exact) mass is 295 g/mol. The fourth-order valence-electron chi connectivity index (χ4n) is 2.18. The molecule has 0 saturated heterocycles. The van der Waals surface area contributed by atoms with Crippen molar-refractivity contribution in [2.24, 2.45) is 0 Å². The normalized spacial score (nSPS) is 10.9. The molecule has 0 unspecified atom stereocenters. The molecule has 5 nitrogen and oxygen atoms in total. The van der Waals surface area contributed by atoms with Crippen molar-refractivity contribution in [3.63, 3.8) is 0 Å². The number of aliphatic hydroxyl groups is 2. The van der Waals surface area contributed by atoms with E-state index in [1.165, 1.54) is 12.1 Å². The molecule has 0 saturated carbocycles. The topological polar surface area (TPSA) is 75.7 Å². The number of ether oxygens (including phenoxy) is 1. The first-order chi connectivity index (χ1) is 10.1. The Morgan fingerprint density at radius 2 is 1.86 bits per heavy atom. The maximum atomic E-state index is 13.4. The lowest BCUT2D eigenvalue weighted by Gasteiger charge is -2.14. The molecule has 0 spiro atoms. The molecule has 0 aliphatic heterocycles. The van der Waals surface area contributed by atoms with Gasteiger partial charge < -0.3 is 19.5 Å². The second-order valence-electron chi connectivity index (χ2n) is 4.68. The first-order valence-electron chi connectivity index (χ1n) is 6.70. The van der Waals surface area contributed by atoms with Gasteiger partial charge >= 0.3 is 0 Å². The molecule has 1 heterocycles. The molecule has 0 bridgehead atoms. The lowest BCUT2D eigenvalue weighted by atomic mass is 10.1. The molecular formula is C15H18FNO4. The van der Waals surface area contributed by atoms with Gasteiger partial charge in [0.25, 0.3) is 0 Å². The molecule has 0 aliphatic carbocycles. The molecule has 6 heteroatoms. The molecule has 0 radical (unpaired) electrons. The third-order valence-corrected chi connectivity index (χ3v) is 3.31. The summed E-state index contributed by atoms with van der Waals surface area (Å²) in [5.74, 6) is 0.431. The lowest BCUT2D eigenvalue weighted by Crippen LogP contribution is -2.05. The average molecular weight is 295 g/mol. The number of aryl methyl sites for hydroxylation is 2. The fraction of sp³-hybridized carbons (Fsp3) is 0.400. The Kier molecular flexibility index (Phi) is 4.93. The number of halogens is 1. The van der Waals surface area contributed by atoms with Gasteiger partial charge in [0.2, 0.25) is 0 Å². The molecule has 114 valence electrons. The maximum Gasteiger partial charge on any atom is 0.140 e. The van der Waals surface area contributed by atoms with E-state index < -0.39 is 5.82 Å². The molecule has 0 amide bonds. The van der Waals surface area contributed by atoms with E-state index in [4.69, 9.17) is 9.26 Å². The van der Waals surface area contributed by atoms with Crippen molar-refractivity contribution in [3.05, 3.63) is 46.1 Å². The Balaban J connectivity index is 2.29. The summed E-state index contributed by atoms with van der Waals surface area (Å²) in [6.45, 7) is 3.18. The number of hydrogen-bond donors (Lipinski definition) is 2. The summed E-state index contributed by atoms with van der Waals surface area (Å²) in [6, 6.07) is 2.38. The summed E-state index contributed by atoms with van der Waals surface area (Å²) in [6.07, 6.45) is 0.708. The molecule has 0 aliphatic rings. The van der Waals surface area contributed by atoms with Gasteiger partial charge in [0.1, 0.15) is 23.9 Å². The smallest absolute Gasteiger partial charge is 0.140 e. The molecule has 2 aromatic rings. The number of rotatable bonds is 6. The van der Waals surface area contributed by atoms with E-state index in [0.29, 0.717) is 29.1 Å². The summed E-state index contributed by atoms with van der Waals surface area (Å²) in [5.41, 5.74) is 2.22. The molecule has 2 rings (SSSR count). The highest BCUT2D eigenvalue weighted by Gasteiger charge is 2.16. The van der Waals surface area contributed by atoms with E-state index in [1.807, 2.05) is 6.92 Å². The zero-order chi connectivity index (χ0) is 15.4. The van der Waals surface area contributed by atoms with E-state index in [1.54, 1.807) is 6.92 Å². The molecule has 2 N–H and O–H groups in total. The maximum absolute atomic E-state index is 13.4. The molecule has 0 atom stereocenters. The van der Waals surface area contributed by atoms with Crippen molar-refractivity contribution in [2.45, 2.75) is 40.1 Å². The predicted molar refractivity (Wildman–Crippen MR) is 73.2 cm³/mol. The number of nitrogens with zero attached hydrogens (tertiary/aromatic N) is 1. The molecule has 1 aromatic heterocycles. The molecular weight excluding hydrogens is 277 g/mol. The Morgan fingerprint density at radius 1 is 1.24 bits per heavy atom. The highest BCUT2D eigenvalue weighted by atomic mass is 19.1. The first kappa shape index (κ1) is 15.5. The van der Waals surface area contributed by atoms with Gasteiger partial charge in [-0.1, -0.05) is 12.1 Å². The molecule has 0 fully saturated rings. The van der Waals surface area contributed by atoms with Crippen molar-refractivity contribution in [1.29, 1.82) is 0 Å². The van der Waals surface area contributed by atoms with Crippen LogP contribution in [0, 0.1) is 12.7 Å². The van der Waals surface area contributed by atoms with Crippen LogP contribution in [0.2, 0.25) is 0 Å². The number of hydrogen-bond acceptors (Lipinski definition) is 5. The Hall–Kier alpha value is -1.92. The minimum Gasteiger partial charge on any atom is -0.488 e. The van der Waals surface area contributed by atoms with Gasteiger partial charge in [-0.3, -0.25) is 0 Å².